The molecule has 0 aromatic carbocycles. The zero-order chi connectivity index (χ0) is 22.6. The Morgan fingerprint density at radius 2 is 1.81 bits per heavy atom. The first-order valence-electron chi connectivity index (χ1n) is 13.6. The largest absolute Gasteiger partial charge is 0.393 e. The summed E-state index contributed by atoms with van der Waals surface area (Å²) in [7, 11) is 0. The van der Waals surface area contributed by atoms with Gasteiger partial charge in [0.2, 0.25) is 0 Å². The Bertz CT molecular complexity index is 703. The minimum atomic E-state index is -0.0883. The molecule has 31 heavy (non-hydrogen) atoms. The van der Waals surface area contributed by atoms with Gasteiger partial charge in [-0.15, -0.1) is 0 Å². The molecule has 0 aromatic heterocycles. The van der Waals surface area contributed by atoms with Gasteiger partial charge < -0.3 is 5.11 Å². The van der Waals surface area contributed by atoms with Crippen molar-refractivity contribution >= 4 is 0 Å². The van der Waals surface area contributed by atoms with Gasteiger partial charge in [-0.05, 0) is 116 Å². The van der Waals surface area contributed by atoms with E-state index in [-0.39, 0.29) is 6.10 Å². The van der Waals surface area contributed by atoms with Crippen molar-refractivity contribution in [3.63, 3.8) is 0 Å². The summed E-state index contributed by atoms with van der Waals surface area (Å²) in [6.07, 6.45) is 15.3. The number of aliphatic hydroxyl groups excluding tert-OH is 1. The monoisotopic (exact) mass is 426 g/mol. The molecule has 3 fully saturated rings. The zero-order valence-corrected chi connectivity index (χ0v) is 21.4. The third-order valence-electron chi connectivity index (χ3n) is 11.4. The Labute approximate surface area is 193 Å². The van der Waals surface area contributed by atoms with Crippen molar-refractivity contribution < 1.29 is 5.11 Å². The molecule has 4 rings (SSSR count). The molecule has 0 radical (unpaired) electrons. The van der Waals surface area contributed by atoms with Gasteiger partial charge in [0.15, 0.2) is 0 Å². The summed E-state index contributed by atoms with van der Waals surface area (Å²) >= 11 is 0. The third-order valence-corrected chi connectivity index (χ3v) is 11.4. The quantitative estimate of drug-likeness (QED) is 0.424. The Kier molecular flexibility index (Phi) is 6.59. The highest BCUT2D eigenvalue weighted by molar-refractivity contribution is 5.25. The second-order valence-electron chi connectivity index (χ2n) is 13.1. The SMILES string of the molecule is C=C(CC[C@@H](C)[C@H]1CC[C@H]2[C@@H]3CC=C4C[C@@H](O)CC[C@]4(C)[C@H]3CC[C@]12C)[C@H](C)C(C)C. The lowest BCUT2D eigenvalue weighted by Gasteiger charge is -2.58. The first-order chi connectivity index (χ1) is 14.6. The number of fused-ring (bicyclic) bond motifs is 5. The fourth-order valence-electron chi connectivity index (χ4n) is 8.93. The second-order valence-corrected chi connectivity index (χ2v) is 13.1. The number of aliphatic hydroxyl groups is 1. The maximum Gasteiger partial charge on any atom is 0.0577 e. The van der Waals surface area contributed by atoms with Gasteiger partial charge in [-0.2, -0.15) is 0 Å². The number of rotatable bonds is 6. The molecule has 4 aliphatic rings. The lowest BCUT2D eigenvalue weighted by molar-refractivity contribution is -0.0571. The molecule has 1 heteroatoms. The maximum atomic E-state index is 10.3. The minimum absolute atomic E-state index is 0.0883. The highest BCUT2D eigenvalue weighted by atomic mass is 16.3. The molecule has 9 atom stereocenters. The first-order valence-corrected chi connectivity index (χ1v) is 13.6. The molecule has 0 saturated heterocycles. The van der Waals surface area contributed by atoms with Crippen LogP contribution in [0.5, 0.6) is 0 Å². The number of hydrogen-bond acceptors (Lipinski definition) is 1. The van der Waals surface area contributed by atoms with E-state index in [1.807, 2.05) is 0 Å². The van der Waals surface area contributed by atoms with Crippen molar-refractivity contribution in [3.05, 3.63) is 23.8 Å². The molecule has 1 nitrogen and oxygen atoms in total. The van der Waals surface area contributed by atoms with Gasteiger partial charge in [-0.25, -0.2) is 0 Å². The van der Waals surface area contributed by atoms with Crippen molar-refractivity contribution in [1.29, 1.82) is 0 Å². The Morgan fingerprint density at radius 3 is 2.52 bits per heavy atom. The highest BCUT2D eigenvalue weighted by Crippen LogP contribution is 2.67. The molecule has 176 valence electrons. The summed E-state index contributed by atoms with van der Waals surface area (Å²) in [5, 5.41) is 10.3. The average molecular weight is 427 g/mol. The van der Waals surface area contributed by atoms with Crippen LogP contribution in [-0.4, -0.2) is 11.2 Å². The summed E-state index contributed by atoms with van der Waals surface area (Å²) < 4.78 is 0. The summed E-state index contributed by atoms with van der Waals surface area (Å²) in [6, 6.07) is 0. The Morgan fingerprint density at radius 1 is 1.06 bits per heavy atom. The van der Waals surface area contributed by atoms with Crippen molar-refractivity contribution in [1.82, 2.24) is 0 Å². The van der Waals surface area contributed by atoms with Crippen LogP contribution in [0.4, 0.5) is 0 Å². The second kappa shape index (κ2) is 8.66. The van der Waals surface area contributed by atoms with E-state index in [0.717, 1.165) is 42.4 Å². The third kappa shape index (κ3) is 4.00. The van der Waals surface area contributed by atoms with Crippen molar-refractivity contribution in [2.24, 2.45) is 52.3 Å². The summed E-state index contributed by atoms with van der Waals surface area (Å²) in [6.45, 7) is 19.3. The normalized spacial score (nSPS) is 44.1. The maximum absolute atomic E-state index is 10.3. The molecule has 0 aliphatic heterocycles. The van der Waals surface area contributed by atoms with Gasteiger partial charge in [0.25, 0.3) is 0 Å². The van der Waals surface area contributed by atoms with E-state index in [1.165, 1.54) is 56.9 Å². The van der Waals surface area contributed by atoms with Crippen LogP contribution in [0.1, 0.15) is 106 Å². The van der Waals surface area contributed by atoms with Gasteiger partial charge in [0.05, 0.1) is 6.10 Å². The van der Waals surface area contributed by atoms with Crippen LogP contribution in [0.15, 0.2) is 23.8 Å². The van der Waals surface area contributed by atoms with Crippen LogP contribution in [0.2, 0.25) is 0 Å². The minimum Gasteiger partial charge on any atom is -0.393 e. The average Bonchev–Trinajstić information content (AvgIpc) is 3.09. The van der Waals surface area contributed by atoms with Crippen LogP contribution in [0.3, 0.4) is 0 Å². The number of hydrogen-bond donors (Lipinski definition) is 1. The molecule has 0 unspecified atom stereocenters. The first kappa shape index (κ1) is 23.6. The molecule has 0 aromatic rings. The molecule has 3 saturated carbocycles. The van der Waals surface area contributed by atoms with E-state index >= 15 is 0 Å². The van der Waals surface area contributed by atoms with Crippen molar-refractivity contribution in [2.45, 2.75) is 112 Å². The summed E-state index contributed by atoms with van der Waals surface area (Å²) in [5.41, 5.74) is 4.00. The molecule has 0 bridgehead atoms. The van der Waals surface area contributed by atoms with E-state index in [0.29, 0.717) is 22.7 Å². The Balaban J connectivity index is 1.45. The number of allylic oxidation sites excluding steroid dienone is 2. The van der Waals surface area contributed by atoms with Crippen LogP contribution in [-0.2, 0) is 0 Å². The van der Waals surface area contributed by atoms with E-state index in [9.17, 15) is 5.11 Å². The molecule has 1 N–H and O–H groups in total. The molecular formula is C30H50O. The predicted molar refractivity (Wildman–Crippen MR) is 133 cm³/mol. The van der Waals surface area contributed by atoms with Gasteiger partial charge in [0, 0.05) is 0 Å². The van der Waals surface area contributed by atoms with E-state index in [4.69, 9.17) is 0 Å². The van der Waals surface area contributed by atoms with Crippen molar-refractivity contribution in [2.75, 3.05) is 0 Å². The lowest BCUT2D eigenvalue weighted by Crippen LogP contribution is -2.50. The topological polar surface area (TPSA) is 20.2 Å². The highest BCUT2D eigenvalue weighted by Gasteiger charge is 2.59. The molecular weight excluding hydrogens is 376 g/mol. The van der Waals surface area contributed by atoms with Crippen molar-refractivity contribution in [3.8, 4) is 0 Å². The van der Waals surface area contributed by atoms with Crippen LogP contribution in [0.25, 0.3) is 0 Å². The predicted octanol–water partition coefficient (Wildman–Crippen LogP) is 8.19. The molecule has 0 heterocycles. The fourth-order valence-corrected chi connectivity index (χ4v) is 8.93. The van der Waals surface area contributed by atoms with E-state index in [1.54, 1.807) is 5.57 Å². The van der Waals surface area contributed by atoms with Crippen LogP contribution in [0, 0.1) is 52.3 Å². The zero-order valence-electron chi connectivity index (χ0n) is 21.4. The molecule has 0 spiro atoms. The fraction of sp³-hybridized carbons (Fsp3) is 0.867. The van der Waals surface area contributed by atoms with Gasteiger partial charge >= 0.3 is 0 Å². The molecule has 4 aliphatic carbocycles. The smallest absolute Gasteiger partial charge is 0.0577 e. The summed E-state index contributed by atoms with van der Waals surface area (Å²) in [4.78, 5) is 0. The van der Waals surface area contributed by atoms with E-state index in [2.05, 4.69) is 54.2 Å². The standard InChI is InChI=1S/C30H50O/c1-19(2)22(5)20(3)8-9-21(4)26-12-13-27-25-11-10-23-18-24(31)14-16-29(23,6)28(25)15-17-30(26,27)7/h10,19,21-22,24-28,31H,3,8-9,11-18H2,1-2,4-7H3/t21-,22-,24+,25+,26-,27+,28+,29+,30-/m1/s1. The van der Waals surface area contributed by atoms with Gasteiger partial charge in [0.1, 0.15) is 0 Å². The summed E-state index contributed by atoms with van der Waals surface area (Å²) in [5.74, 6) is 5.72. The van der Waals surface area contributed by atoms with Gasteiger partial charge in [-0.1, -0.05) is 65.3 Å². The van der Waals surface area contributed by atoms with Crippen LogP contribution >= 0.6 is 0 Å². The van der Waals surface area contributed by atoms with Crippen LogP contribution < -0.4 is 0 Å². The molecule has 0 amide bonds. The lowest BCUT2D eigenvalue weighted by atomic mass is 9.47. The Hall–Kier alpha value is -0.560. The van der Waals surface area contributed by atoms with Gasteiger partial charge in [-0.3, -0.25) is 0 Å². The van der Waals surface area contributed by atoms with E-state index < -0.39 is 0 Å².